The van der Waals surface area contributed by atoms with Gasteiger partial charge in [0.15, 0.2) is 0 Å². The van der Waals surface area contributed by atoms with Crippen LogP contribution in [0.15, 0.2) is 30.5 Å². The molecular weight excluding hydrogens is 409 g/mol. The van der Waals surface area contributed by atoms with Gasteiger partial charge in [-0.25, -0.2) is 0 Å². The third-order valence-electron chi connectivity index (χ3n) is 4.80. The zero-order chi connectivity index (χ0) is 21.1. The Kier molecular flexibility index (Phi) is 6.45. The first-order valence-electron chi connectivity index (χ1n) is 9.29. The molecule has 0 unspecified atom stereocenters. The second-order valence-corrected chi connectivity index (χ2v) is 7.59. The highest BCUT2D eigenvalue weighted by Crippen LogP contribution is 2.25. The van der Waals surface area contributed by atoms with Gasteiger partial charge in [-0.3, -0.25) is 14.2 Å². The van der Waals surface area contributed by atoms with Crippen LogP contribution >= 0.6 is 23.2 Å². The second-order valence-electron chi connectivity index (χ2n) is 6.78. The minimum Gasteiger partial charge on any atom is -0.319 e. The highest BCUT2D eigenvalue weighted by Gasteiger charge is 2.14. The molecule has 152 valence electrons. The monoisotopic (exact) mass is 431 g/mol. The Morgan fingerprint density at radius 2 is 1.90 bits per heavy atom. The molecule has 6 nitrogen and oxygen atoms in total. The van der Waals surface area contributed by atoms with Crippen LogP contribution in [0.2, 0.25) is 10.0 Å². The SMILES string of the molecule is CCn1ncc(/C=C/C(=O)Nc2c(C)nn(Cc3ccc(Cl)c(Cl)c3)c2C)c1C. The predicted octanol–water partition coefficient (Wildman–Crippen LogP) is 5.03. The quantitative estimate of drug-likeness (QED) is 0.556. The van der Waals surface area contributed by atoms with E-state index in [1.165, 1.54) is 6.08 Å². The largest absolute Gasteiger partial charge is 0.319 e. The van der Waals surface area contributed by atoms with Gasteiger partial charge < -0.3 is 5.32 Å². The lowest BCUT2D eigenvalue weighted by Crippen LogP contribution is -2.10. The van der Waals surface area contributed by atoms with E-state index in [0.29, 0.717) is 22.3 Å². The van der Waals surface area contributed by atoms with Crippen LogP contribution in [-0.4, -0.2) is 25.5 Å². The minimum atomic E-state index is -0.214. The highest BCUT2D eigenvalue weighted by molar-refractivity contribution is 6.42. The third-order valence-corrected chi connectivity index (χ3v) is 5.54. The Hall–Kier alpha value is -2.57. The number of aromatic nitrogens is 4. The molecule has 0 saturated heterocycles. The number of anilines is 1. The molecule has 0 saturated carbocycles. The van der Waals surface area contributed by atoms with Gasteiger partial charge >= 0.3 is 0 Å². The van der Waals surface area contributed by atoms with E-state index in [2.05, 4.69) is 15.5 Å². The van der Waals surface area contributed by atoms with Crippen LogP contribution in [0.4, 0.5) is 5.69 Å². The van der Waals surface area contributed by atoms with Crippen molar-refractivity contribution in [1.29, 1.82) is 0 Å². The van der Waals surface area contributed by atoms with Gasteiger partial charge in [-0.05, 0) is 51.5 Å². The molecule has 8 heteroatoms. The van der Waals surface area contributed by atoms with E-state index >= 15 is 0 Å². The molecule has 0 fully saturated rings. The molecule has 3 rings (SSSR count). The van der Waals surface area contributed by atoms with Gasteiger partial charge in [0.25, 0.3) is 0 Å². The molecular formula is C21H23Cl2N5O. The maximum atomic E-state index is 12.4. The molecule has 0 aliphatic carbocycles. The Morgan fingerprint density at radius 1 is 1.14 bits per heavy atom. The Bertz CT molecular complexity index is 1080. The van der Waals surface area contributed by atoms with Crippen LogP contribution in [0, 0.1) is 20.8 Å². The number of hydrogen-bond acceptors (Lipinski definition) is 3. The maximum absolute atomic E-state index is 12.4. The smallest absolute Gasteiger partial charge is 0.248 e. The van der Waals surface area contributed by atoms with E-state index in [4.69, 9.17) is 23.2 Å². The van der Waals surface area contributed by atoms with Gasteiger partial charge in [-0.15, -0.1) is 0 Å². The third kappa shape index (κ3) is 4.71. The number of benzene rings is 1. The van der Waals surface area contributed by atoms with Crippen molar-refractivity contribution in [1.82, 2.24) is 19.6 Å². The van der Waals surface area contributed by atoms with E-state index in [-0.39, 0.29) is 5.91 Å². The predicted molar refractivity (Wildman–Crippen MR) is 118 cm³/mol. The van der Waals surface area contributed by atoms with E-state index in [1.807, 2.05) is 49.2 Å². The molecule has 0 atom stereocenters. The number of rotatable bonds is 6. The van der Waals surface area contributed by atoms with Crippen LogP contribution in [0.25, 0.3) is 6.08 Å². The maximum Gasteiger partial charge on any atom is 0.248 e. The number of nitrogens with zero attached hydrogens (tertiary/aromatic N) is 4. The molecule has 1 aromatic carbocycles. The summed E-state index contributed by atoms with van der Waals surface area (Å²) in [6.07, 6.45) is 5.04. The number of halogens is 2. The summed E-state index contributed by atoms with van der Waals surface area (Å²) >= 11 is 12.1. The molecule has 2 heterocycles. The van der Waals surface area contributed by atoms with Crippen LogP contribution in [0.5, 0.6) is 0 Å². The first-order valence-corrected chi connectivity index (χ1v) is 10.0. The zero-order valence-electron chi connectivity index (χ0n) is 16.8. The van der Waals surface area contributed by atoms with Crippen molar-refractivity contribution < 1.29 is 4.79 Å². The van der Waals surface area contributed by atoms with Crippen molar-refractivity contribution in [2.24, 2.45) is 0 Å². The van der Waals surface area contributed by atoms with Crippen molar-refractivity contribution in [2.45, 2.75) is 40.8 Å². The molecule has 1 N–H and O–H groups in total. The van der Waals surface area contributed by atoms with Gasteiger partial charge in [0, 0.05) is 23.9 Å². The van der Waals surface area contributed by atoms with Gasteiger partial charge in [0.1, 0.15) is 0 Å². The molecule has 3 aromatic rings. The van der Waals surface area contributed by atoms with E-state index in [0.717, 1.165) is 34.8 Å². The van der Waals surface area contributed by atoms with E-state index in [1.54, 1.807) is 18.3 Å². The molecule has 0 spiro atoms. The number of nitrogens with one attached hydrogen (secondary N) is 1. The van der Waals surface area contributed by atoms with Crippen molar-refractivity contribution in [3.8, 4) is 0 Å². The highest BCUT2D eigenvalue weighted by atomic mass is 35.5. The number of amides is 1. The van der Waals surface area contributed by atoms with E-state index in [9.17, 15) is 4.79 Å². The first-order chi connectivity index (χ1) is 13.8. The molecule has 0 radical (unpaired) electrons. The van der Waals surface area contributed by atoms with Crippen LogP contribution in [-0.2, 0) is 17.9 Å². The topological polar surface area (TPSA) is 64.7 Å². The molecule has 0 aliphatic heterocycles. The summed E-state index contributed by atoms with van der Waals surface area (Å²) in [5, 5.41) is 12.8. The Balaban J connectivity index is 1.74. The second kappa shape index (κ2) is 8.84. The Labute approximate surface area is 180 Å². The number of aryl methyl sites for hydroxylation is 2. The number of carbonyl (C=O) groups excluding carboxylic acids is 1. The van der Waals surface area contributed by atoms with Crippen molar-refractivity contribution in [3.63, 3.8) is 0 Å². The molecule has 0 aliphatic rings. The summed E-state index contributed by atoms with van der Waals surface area (Å²) in [7, 11) is 0. The molecule has 0 bridgehead atoms. The lowest BCUT2D eigenvalue weighted by atomic mass is 10.2. The summed E-state index contributed by atoms with van der Waals surface area (Å²) < 4.78 is 3.72. The average Bonchev–Trinajstić information content (AvgIpc) is 3.17. The van der Waals surface area contributed by atoms with Crippen molar-refractivity contribution in [2.75, 3.05) is 5.32 Å². The van der Waals surface area contributed by atoms with Crippen LogP contribution in [0.3, 0.4) is 0 Å². The van der Waals surface area contributed by atoms with Crippen molar-refractivity contribution >= 4 is 40.9 Å². The summed E-state index contributed by atoms with van der Waals surface area (Å²) in [5.74, 6) is -0.214. The fourth-order valence-corrected chi connectivity index (χ4v) is 3.44. The fourth-order valence-electron chi connectivity index (χ4n) is 3.12. The zero-order valence-corrected chi connectivity index (χ0v) is 18.3. The summed E-state index contributed by atoms with van der Waals surface area (Å²) in [4.78, 5) is 12.4. The number of hydrogen-bond donors (Lipinski definition) is 1. The molecule has 2 aromatic heterocycles. The van der Waals surface area contributed by atoms with Crippen molar-refractivity contribution in [3.05, 3.63) is 68.7 Å². The van der Waals surface area contributed by atoms with Gasteiger partial charge in [0.05, 0.1) is 39.9 Å². The lowest BCUT2D eigenvalue weighted by Gasteiger charge is -2.07. The van der Waals surface area contributed by atoms with E-state index < -0.39 is 0 Å². The fraction of sp³-hybridized carbons (Fsp3) is 0.286. The summed E-state index contributed by atoms with van der Waals surface area (Å²) in [5.41, 5.74) is 5.25. The van der Waals surface area contributed by atoms with Gasteiger partial charge in [-0.2, -0.15) is 10.2 Å². The molecule has 1 amide bonds. The van der Waals surface area contributed by atoms with Gasteiger partial charge in [-0.1, -0.05) is 29.3 Å². The average molecular weight is 432 g/mol. The first kappa shape index (κ1) is 21.1. The van der Waals surface area contributed by atoms with Gasteiger partial charge in [0.2, 0.25) is 5.91 Å². The van der Waals surface area contributed by atoms with Crippen LogP contribution in [0.1, 0.15) is 35.1 Å². The van der Waals surface area contributed by atoms with Crippen LogP contribution < -0.4 is 5.32 Å². The summed E-state index contributed by atoms with van der Waals surface area (Å²) in [6, 6.07) is 5.49. The standard InChI is InChI=1S/C21H23Cl2N5O/c1-5-27-14(3)17(11-24-27)7-9-20(29)25-21-13(2)26-28(15(21)4)12-16-6-8-18(22)19(23)10-16/h6-11H,5,12H2,1-4H3,(H,25,29)/b9-7+. The normalized spacial score (nSPS) is 11.4. The Morgan fingerprint density at radius 3 is 2.55 bits per heavy atom. The molecule has 29 heavy (non-hydrogen) atoms. The number of carbonyl (C=O) groups is 1. The minimum absolute atomic E-state index is 0.214. The summed E-state index contributed by atoms with van der Waals surface area (Å²) in [6.45, 7) is 9.13. The lowest BCUT2D eigenvalue weighted by molar-refractivity contribution is -0.111.